The van der Waals surface area contributed by atoms with Gasteiger partial charge in [-0.2, -0.15) is 0 Å². The van der Waals surface area contributed by atoms with Crippen molar-refractivity contribution >= 4 is 34.2 Å². The van der Waals surface area contributed by atoms with Gasteiger partial charge in [0.15, 0.2) is 0 Å². The molecule has 36 heavy (non-hydrogen) atoms. The number of aromatic nitrogens is 2. The molecule has 5 rings (SSSR count). The summed E-state index contributed by atoms with van der Waals surface area (Å²) in [5.41, 5.74) is 2.58. The van der Waals surface area contributed by atoms with Crippen molar-refractivity contribution in [2.24, 2.45) is 5.92 Å². The number of fused-ring (bicyclic) bond motifs is 1. The Kier molecular flexibility index (Phi) is 7.49. The van der Waals surface area contributed by atoms with Gasteiger partial charge in [0.25, 0.3) is 0 Å². The Labute approximate surface area is 214 Å². The topological polar surface area (TPSA) is 59.4 Å². The third-order valence-electron chi connectivity index (χ3n) is 6.56. The zero-order valence-corrected chi connectivity index (χ0v) is 20.6. The van der Waals surface area contributed by atoms with E-state index in [1.807, 2.05) is 48.5 Å². The van der Waals surface area contributed by atoms with Gasteiger partial charge in [0.1, 0.15) is 24.0 Å². The van der Waals surface area contributed by atoms with Gasteiger partial charge in [-0.25, -0.2) is 9.37 Å². The minimum absolute atomic E-state index is 0.00539. The number of likely N-dealkylation sites (tertiary alicyclic amines) is 1. The molecular formula is C28H28ClFN4O2. The van der Waals surface area contributed by atoms with E-state index < -0.39 is 5.82 Å². The number of ether oxygens (including phenoxy) is 1. The molecule has 0 radical (unpaired) electrons. The smallest absolute Gasteiger partial charge is 0.238 e. The summed E-state index contributed by atoms with van der Waals surface area (Å²) in [6.45, 7) is 3.24. The van der Waals surface area contributed by atoms with Gasteiger partial charge in [0, 0.05) is 12.2 Å². The second-order valence-electron chi connectivity index (χ2n) is 9.13. The molecule has 0 bridgehead atoms. The lowest BCUT2D eigenvalue weighted by Gasteiger charge is -2.32. The lowest BCUT2D eigenvalue weighted by Crippen LogP contribution is -2.40. The molecule has 1 saturated heterocycles. The summed E-state index contributed by atoms with van der Waals surface area (Å²) >= 11 is 5.81. The highest BCUT2D eigenvalue weighted by atomic mass is 35.5. The number of imidazole rings is 1. The number of nitrogens with zero attached hydrogens (tertiary/aromatic N) is 3. The van der Waals surface area contributed by atoms with Gasteiger partial charge in [-0.1, -0.05) is 41.9 Å². The molecule has 3 aromatic carbocycles. The van der Waals surface area contributed by atoms with Crippen LogP contribution in [0.5, 0.6) is 5.75 Å². The van der Waals surface area contributed by atoms with Crippen molar-refractivity contribution in [3.8, 4) is 5.75 Å². The molecule has 1 N–H and O–H groups in total. The molecule has 0 atom stereocenters. The number of amides is 1. The highest BCUT2D eigenvalue weighted by Gasteiger charge is 2.23. The largest absolute Gasteiger partial charge is 0.486 e. The summed E-state index contributed by atoms with van der Waals surface area (Å²) in [7, 11) is 0. The average Bonchev–Trinajstić information content (AvgIpc) is 3.24. The third kappa shape index (κ3) is 5.86. The Bertz CT molecular complexity index is 1340. The highest BCUT2D eigenvalue weighted by molar-refractivity contribution is 6.31. The molecule has 4 aromatic rings. The van der Waals surface area contributed by atoms with E-state index in [1.54, 1.807) is 0 Å². The molecule has 0 spiro atoms. The van der Waals surface area contributed by atoms with Gasteiger partial charge in [-0.05, 0) is 74.3 Å². The Hall–Kier alpha value is -3.42. The van der Waals surface area contributed by atoms with E-state index in [1.165, 1.54) is 18.2 Å². The van der Waals surface area contributed by atoms with Crippen LogP contribution < -0.4 is 10.1 Å². The number of nitrogens with one attached hydrogen (secondary N) is 1. The van der Waals surface area contributed by atoms with E-state index in [2.05, 4.69) is 20.9 Å². The van der Waals surface area contributed by atoms with Crippen LogP contribution >= 0.6 is 11.6 Å². The molecular weight excluding hydrogens is 479 g/mol. The molecule has 8 heteroatoms. The minimum Gasteiger partial charge on any atom is -0.486 e. The van der Waals surface area contributed by atoms with Crippen LogP contribution in [0, 0.1) is 11.7 Å². The number of benzene rings is 3. The fourth-order valence-electron chi connectivity index (χ4n) is 4.67. The summed E-state index contributed by atoms with van der Waals surface area (Å²) in [6, 6.07) is 22.2. The van der Waals surface area contributed by atoms with E-state index in [-0.39, 0.29) is 10.9 Å². The Morgan fingerprint density at radius 1 is 1.06 bits per heavy atom. The van der Waals surface area contributed by atoms with Gasteiger partial charge in [0.05, 0.1) is 22.6 Å². The highest BCUT2D eigenvalue weighted by Crippen LogP contribution is 2.25. The zero-order chi connectivity index (χ0) is 24.9. The number of hydrogen-bond acceptors (Lipinski definition) is 4. The van der Waals surface area contributed by atoms with Gasteiger partial charge in [-0.15, -0.1) is 0 Å². The maximum Gasteiger partial charge on any atom is 0.238 e. The van der Waals surface area contributed by atoms with Crippen molar-refractivity contribution in [2.75, 3.05) is 25.0 Å². The third-order valence-corrected chi connectivity index (χ3v) is 6.85. The lowest BCUT2D eigenvalue weighted by molar-refractivity contribution is -0.117. The first kappa shape index (κ1) is 24.3. The van der Waals surface area contributed by atoms with Gasteiger partial charge >= 0.3 is 0 Å². The molecule has 186 valence electrons. The Morgan fingerprint density at radius 3 is 2.58 bits per heavy atom. The predicted molar refractivity (Wildman–Crippen MR) is 140 cm³/mol. The normalized spacial score (nSPS) is 14.7. The van der Waals surface area contributed by atoms with E-state index in [4.69, 9.17) is 21.3 Å². The lowest BCUT2D eigenvalue weighted by atomic mass is 9.96. The SMILES string of the molecule is O=C(CN1CCC(Cn2c(COc3ccccc3)nc3ccccc32)CC1)Nc1ccc(F)c(Cl)c1. The first-order valence-electron chi connectivity index (χ1n) is 12.1. The van der Waals surface area contributed by atoms with Crippen molar-refractivity contribution in [3.63, 3.8) is 0 Å². The van der Waals surface area contributed by atoms with Gasteiger partial charge in [0.2, 0.25) is 5.91 Å². The monoisotopic (exact) mass is 506 g/mol. The summed E-state index contributed by atoms with van der Waals surface area (Å²) in [4.78, 5) is 19.5. The van der Waals surface area contributed by atoms with Crippen molar-refractivity contribution in [3.05, 3.63) is 89.5 Å². The molecule has 1 aliphatic rings. The van der Waals surface area contributed by atoms with Crippen LogP contribution in [0.1, 0.15) is 18.7 Å². The molecule has 1 amide bonds. The minimum atomic E-state index is -0.503. The van der Waals surface area contributed by atoms with Crippen LogP contribution in [-0.2, 0) is 17.9 Å². The molecule has 0 aliphatic carbocycles. The maximum atomic E-state index is 13.3. The summed E-state index contributed by atoms with van der Waals surface area (Å²) in [6.07, 6.45) is 1.97. The predicted octanol–water partition coefficient (Wildman–Crippen LogP) is 5.76. The number of piperidine rings is 1. The van der Waals surface area contributed by atoms with E-state index in [0.717, 1.165) is 55.1 Å². The molecule has 0 saturated carbocycles. The average molecular weight is 507 g/mol. The summed E-state index contributed by atoms with van der Waals surface area (Å²) < 4.78 is 21.6. The zero-order valence-electron chi connectivity index (χ0n) is 19.9. The van der Waals surface area contributed by atoms with Crippen molar-refractivity contribution < 1.29 is 13.9 Å². The number of anilines is 1. The van der Waals surface area contributed by atoms with Crippen molar-refractivity contribution in [1.82, 2.24) is 14.5 Å². The Balaban J connectivity index is 1.18. The van der Waals surface area contributed by atoms with E-state index in [0.29, 0.717) is 24.8 Å². The molecule has 2 heterocycles. The number of para-hydroxylation sites is 3. The fourth-order valence-corrected chi connectivity index (χ4v) is 4.85. The van der Waals surface area contributed by atoms with Crippen molar-refractivity contribution in [2.45, 2.75) is 26.0 Å². The van der Waals surface area contributed by atoms with E-state index >= 15 is 0 Å². The Morgan fingerprint density at radius 2 is 1.81 bits per heavy atom. The van der Waals surface area contributed by atoms with Crippen LogP contribution in [0.4, 0.5) is 10.1 Å². The van der Waals surface area contributed by atoms with Gasteiger partial charge < -0.3 is 14.6 Å². The van der Waals surface area contributed by atoms with Crippen molar-refractivity contribution in [1.29, 1.82) is 0 Å². The molecule has 0 unspecified atom stereocenters. The first-order chi connectivity index (χ1) is 17.5. The van der Waals surface area contributed by atoms with E-state index in [9.17, 15) is 9.18 Å². The molecule has 6 nitrogen and oxygen atoms in total. The van der Waals surface area contributed by atoms with Crippen LogP contribution in [0.3, 0.4) is 0 Å². The number of halogens is 2. The summed E-state index contributed by atoms with van der Waals surface area (Å²) in [5, 5.41) is 2.80. The number of rotatable bonds is 8. The number of hydrogen-bond donors (Lipinski definition) is 1. The van der Waals surface area contributed by atoms with Crippen LogP contribution in [-0.4, -0.2) is 40.0 Å². The molecule has 1 fully saturated rings. The standard InChI is InChI=1S/C28H28ClFN4O2/c29-23-16-21(10-11-24(23)30)31-28(35)18-33-14-12-20(13-15-33)17-34-26-9-5-4-8-25(26)32-27(34)19-36-22-6-2-1-3-7-22/h1-11,16,20H,12-15,17-19H2,(H,31,35). The second-order valence-corrected chi connectivity index (χ2v) is 9.53. The van der Waals surface area contributed by atoms with Crippen LogP contribution in [0.2, 0.25) is 5.02 Å². The van der Waals surface area contributed by atoms with Crippen LogP contribution in [0.25, 0.3) is 11.0 Å². The second kappa shape index (κ2) is 11.1. The molecule has 1 aliphatic heterocycles. The first-order valence-corrected chi connectivity index (χ1v) is 12.5. The molecule has 1 aromatic heterocycles. The number of carbonyl (C=O) groups excluding carboxylic acids is 1. The number of carbonyl (C=O) groups is 1. The van der Waals surface area contributed by atoms with Crippen LogP contribution in [0.15, 0.2) is 72.8 Å². The summed E-state index contributed by atoms with van der Waals surface area (Å²) in [5.74, 6) is 1.59. The maximum absolute atomic E-state index is 13.3. The fraction of sp³-hybridized carbons (Fsp3) is 0.286. The quantitative estimate of drug-likeness (QED) is 0.330. The van der Waals surface area contributed by atoms with Gasteiger partial charge in [-0.3, -0.25) is 9.69 Å².